The highest BCUT2D eigenvalue weighted by Crippen LogP contribution is 2.29. The lowest BCUT2D eigenvalue weighted by Crippen LogP contribution is -2.39. The Balaban J connectivity index is 2.14. The Bertz CT molecular complexity index is 761. The predicted octanol–water partition coefficient (Wildman–Crippen LogP) is 0.963. The van der Waals surface area contributed by atoms with E-state index in [4.69, 9.17) is 9.47 Å². The zero-order valence-electron chi connectivity index (χ0n) is 16.5. The molecule has 1 unspecified atom stereocenters. The average molecular weight is 376 g/mol. The first kappa shape index (κ1) is 20.5. The molecule has 27 heavy (non-hydrogen) atoms. The van der Waals surface area contributed by atoms with Gasteiger partial charge in [0.15, 0.2) is 5.96 Å². The van der Waals surface area contributed by atoms with Gasteiger partial charge in [0.1, 0.15) is 29.8 Å². The fourth-order valence-electron chi connectivity index (χ4n) is 2.59. The highest BCUT2D eigenvalue weighted by molar-refractivity contribution is 5.79. The summed E-state index contributed by atoms with van der Waals surface area (Å²) < 4.78 is 12.3. The standard InChI is InChI=1S/C18H28N6O3/c1-6-19-18(23(2)11-17-21-12-22-24(17)3)20-10-15(25)14-9-13(26-4)7-8-16(14)27-5/h7-9,12,15,25H,6,10-11H2,1-5H3,(H,19,20). The second kappa shape index (κ2) is 9.77. The van der Waals surface area contributed by atoms with Gasteiger partial charge >= 0.3 is 0 Å². The van der Waals surface area contributed by atoms with Gasteiger partial charge in [0, 0.05) is 26.2 Å². The minimum absolute atomic E-state index is 0.176. The number of aliphatic imine (C=N–C) groups is 1. The second-order valence-electron chi connectivity index (χ2n) is 5.97. The van der Waals surface area contributed by atoms with Crippen molar-refractivity contribution in [3.05, 3.63) is 35.9 Å². The molecule has 1 heterocycles. The first-order valence-electron chi connectivity index (χ1n) is 8.72. The van der Waals surface area contributed by atoms with Gasteiger partial charge in [-0.3, -0.25) is 9.67 Å². The van der Waals surface area contributed by atoms with E-state index in [0.717, 1.165) is 5.82 Å². The maximum Gasteiger partial charge on any atom is 0.194 e. The van der Waals surface area contributed by atoms with Gasteiger partial charge < -0.3 is 24.8 Å². The van der Waals surface area contributed by atoms with Gasteiger partial charge in [0.25, 0.3) is 0 Å². The monoisotopic (exact) mass is 376 g/mol. The fraction of sp³-hybridized carbons (Fsp3) is 0.500. The second-order valence-corrected chi connectivity index (χ2v) is 5.97. The van der Waals surface area contributed by atoms with Gasteiger partial charge in [-0.25, -0.2) is 4.98 Å². The zero-order chi connectivity index (χ0) is 19.8. The van der Waals surface area contributed by atoms with Crippen LogP contribution in [0.25, 0.3) is 0 Å². The number of aliphatic hydroxyl groups is 1. The Labute approximate surface area is 159 Å². The third kappa shape index (κ3) is 5.33. The van der Waals surface area contributed by atoms with Gasteiger partial charge in [-0.1, -0.05) is 0 Å². The van der Waals surface area contributed by atoms with Crippen molar-refractivity contribution >= 4 is 5.96 Å². The Morgan fingerprint density at radius 1 is 1.37 bits per heavy atom. The van der Waals surface area contributed by atoms with Crippen LogP contribution in [0.15, 0.2) is 29.5 Å². The number of ether oxygens (including phenoxy) is 2. The lowest BCUT2D eigenvalue weighted by atomic mass is 10.1. The molecule has 0 aliphatic heterocycles. The van der Waals surface area contributed by atoms with Crippen LogP contribution in [0, 0.1) is 0 Å². The lowest BCUT2D eigenvalue weighted by molar-refractivity contribution is 0.181. The summed E-state index contributed by atoms with van der Waals surface area (Å²) in [6, 6.07) is 5.32. The Kier molecular flexibility index (Phi) is 7.42. The third-order valence-electron chi connectivity index (χ3n) is 4.09. The molecule has 1 aromatic carbocycles. The van der Waals surface area contributed by atoms with Gasteiger partial charge in [-0.15, -0.1) is 0 Å². The van der Waals surface area contributed by atoms with Crippen LogP contribution in [0.3, 0.4) is 0 Å². The Morgan fingerprint density at radius 2 is 2.15 bits per heavy atom. The van der Waals surface area contributed by atoms with Crippen molar-refractivity contribution in [1.82, 2.24) is 25.0 Å². The largest absolute Gasteiger partial charge is 0.497 e. The minimum atomic E-state index is -0.827. The SMILES string of the molecule is CCNC(=NCC(O)c1cc(OC)ccc1OC)N(C)Cc1ncnn1C. The molecule has 9 heteroatoms. The molecule has 0 saturated carbocycles. The molecule has 2 N–H and O–H groups in total. The van der Waals surface area contributed by atoms with Crippen LogP contribution >= 0.6 is 0 Å². The summed E-state index contributed by atoms with van der Waals surface area (Å²) in [5.41, 5.74) is 0.632. The molecule has 0 radical (unpaired) electrons. The number of hydrogen-bond acceptors (Lipinski definition) is 6. The zero-order valence-corrected chi connectivity index (χ0v) is 16.5. The summed E-state index contributed by atoms with van der Waals surface area (Å²) in [6.45, 7) is 3.42. The molecule has 1 aromatic heterocycles. The van der Waals surface area contributed by atoms with Crippen LogP contribution in [0.4, 0.5) is 0 Å². The maximum atomic E-state index is 10.6. The van der Waals surface area contributed by atoms with Crippen LogP contribution in [-0.4, -0.2) is 65.1 Å². The van der Waals surface area contributed by atoms with Crippen molar-refractivity contribution in [1.29, 1.82) is 0 Å². The molecule has 0 saturated heterocycles. The Morgan fingerprint density at radius 3 is 2.74 bits per heavy atom. The van der Waals surface area contributed by atoms with Crippen molar-refractivity contribution < 1.29 is 14.6 Å². The van der Waals surface area contributed by atoms with E-state index in [9.17, 15) is 5.11 Å². The molecule has 0 aliphatic rings. The first-order chi connectivity index (χ1) is 13.0. The highest BCUT2D eigenvalue weighted by Gasteiger charge is 2.16. The molecule has 2 aromatic rings. The molecule has 0 amide bonds. The lowest BCUT2D eigenvalue weighted by Gasteiger charge is -2.22. The van der Waals surface area contributed by atoms with Crippen molar-refractivity contribution in [3.63, 3.8) is 0 Å². The van der Waals surface area contributed by atoms with Gasteiger partial charge in [-0.05, 0) is 25.1 Å². The molecule has 0 bridgehead atoms. The molecule has 0 spiro atoms. The van der Waals surface area contributed by atoms with E-state index in [2.05, 4.69) is 20.4 Å². The summed E-state index contributed by atoms with van der Waals surface area (Å²) in [5, 5.41) is 17.9. The van der Waals surface area contributed by atoms with Crippen molar-refractivity contribution in [2.24, 2.45) is 12.0 Å². The number of methoxy groups -OCH3 is 2. The van der Waals surface area contributed by atoms with Crippen LogP contribution in [-0.2, 0) is 13.6 Å². The van der Waals surface area contributed by atoms with E-state index >= 15 is 0 Å². The maximum absolute atomic E-state index is 10.6. The molecule has 9 nitrogen and oxygen atoms in total. The molecule has 0 fully saturated rings. The smallest absolute Gasteiger partial charge is 0.194 e. The van der Waals surface area contributed by atoms with Crippen LogP contribution in [0.1, 0.15) is 24.4 Å². The van der Waals surface area contributed by atoms with Crippen molar-refractivity contribution in [2.45, 2.75) is 19.6 Å². The molecular formula is C18H28N6O3. The van der Waals surface area contributed by atoms with Crippen molar-refractivity contribution in [2.75, 3.05) is 34.4 Å². The van der Waals surface area contributed by atoms with Gasteiger partial charge in [0.2, 0.25) is 0 Å². The van der Waals surface area contributed by atoms with E-state index < -0.39 is 6.10 Å². The van der Waals surface area contributed by atoms with Gasteiger partial charge in [0.05, 0.1) is 27.3 Å². The van der Waals surface area contributed by atoms with E-state index in [1.807, 2.05) is 25.9 Å². The number of hydrogen-bond donors (Lipinski definition) is 2. The average Bonchev–Trinajstić information content (AvgIpc) is 3.08. The fourth-order valence-corrected chi connectivity index (χ4v) is 2.59. The number of nitrogens with zero attached hydrogens (tertiary/aromatic N) is 5. The van der Waals surface area contributed by atoms with Crippen LogP contribution < -0.4 is 14.8 Å². The highest BCUT2D eigenvalue weighted by atomic mass is 16.5. The molecule has 1 atom stereocenters. The summed E-state index contributed by atoms with van der Waals surface area (Å²) in [5.74, 6) is 2.73. The quantitative estimate of drug-likeness (QED) is 0.523. The number of aliphatic hydroxyl groups excluding tert-OH is 1. The van der Waals surface area contributed by atoms with E-state index in [-0.39, 0.29) is 6.54 Å². The summed E-state index contributed by atoms with van der Waals surface area (Å²) in [7, 11) is 6.91. The summed E-state index contributed by atoms with van der Waals surface area (Å²) >= 11 is 0. The number of nitrogens with one attached hydrogen (secondary N) is 1. The number of aromatic nitrogens is 3. The molecule has 148 valence electrons. The number of aryl methyl sites for hydroxylation is 1. The normalized spacial score (nSPS) is 12.6. The van der Waals surface area contributed by atoms with E-state index in [1.165, 1.54) is 6.33 Å². The van der Waals surface area contributed by atoms with E-state index in [1.54, 1.807) is 37.1 Å². The molecular weight excluding hydrogens is 348 g/mol. The molecule has 2 rings (SSSR count). The van der Waals surface area contributed by atoms with Gasteiger partial charge in [-0.2, -0.15) is 5.10 Å². The molecule has 0 aliphatic carbocycles. The van der Waals surface area contributed by atoms with E-state index in [0.29, 0.717) is 36.1 Å². The topological polar surface area (TPSA) is 97.0 Å². The minimum Gasteiger partial charge on any atom is -0.497 e. The number of rotatable bonds is 8. The summed E-state index contributed by atoms with van der Waals surface area (Å²) in [4.78, 5) is 10.7. The number of benzene rings is 1. The first-order valence-corrected chi connectivity index (χ1v) is 8.72. The third-order valence-corrected chi connectivity index (χ3v) is 4.09. The predicted molar refractivity (Wildman–Crippen MR) is 103 cm³/mol. The van der Waals surface area contributed by atoms with Crippen molar-refractivity contribution in [3.8, 4) is 11.5 Å². The van der Waals surface area contributed by atoms with Crippen LogP contribution in [0.2, 0.25) is 0 Å². The Hall–Kier alpha value is -2.81. The van der Waals surface area contributed by atoms with Crippen LogP contribution in [0.5, 0.6) is 11.5 Å². The summed E-state index contributed by atoms with van der Waals surface area (Å²) in [6.07, 6.45) is 0.693. The number of guanidine groups is 1.